The third-order valence-electron chi connectivity index (χ3n) is 12.3. The first kappa shape index (κ1) is 31.9. The molecule has 266 valence electrons. The number of rotatable bonds is 5. The van der Waals surface area contributed by atoms with Gasteiger partial charge in [0, 0.05) is 27.2 Å². The maximum absolute atomic E-state index is 6.86. The molecule has 0 unspecified atom stereocenters. The fourth-order valence-electron chi connectivity index (χ4n) is 9.85. The maximum Gasteiger partial charge on any atom is 0.136 e. The molecule has 0 N–H and O–H groups in total. The van der Waals surface area contributed by atoms with Gasteiger partial charge in [-0.2, -0.15) is 0 Å². The molecule has 0 bridgehead atoms. The average Bonchev–Trinajstić information content (AvgIpc) is 3.92. The second-order valence-corrected chi connectivity index (χ2v) is 15.2. The van der Waals surface area contributed by atoms with Crippen LogP contribution in [0.4, 0.5) is 0 Å². The van der Waals surface area contributed by atoms with Crippen molar-refractivity contribution in [2.45, 2.75) is 5.41 Å². The molecule has 0 saturated heterocycles. The highest BCUT2D eigenvalue weighted by Crippen LogP contribution is 2.57. The molecular weight excluding hydrogens is 691 g/mol. The summed E-state index contributed by atoms with van der Waals surface area (Å²) in [6.07, 6.45) is 0. The summed E-state index contributed by atoms with van der Waals surface area (Å²) in [4.78, 5) is 0. The van der Waals surface area contributed by atoms with Crippen molar-refractivity contribution in [2.24, 2.45) is 0 Å². The normalized spacial score (nSPS) is 13.1. The first-order valence-corrected chi connectivity index (χ1v) is 19.7. The van der Waals surface area contributed by atoms with Gasteiger partial charge in [-0.25, -0.2) is 0 Å². The van der Waals surface area contributed by atoms with Gasteiger partial charge in [0.05, 0.1) is 16.4 Å². The Morgan fingerprint density at radius 3 is 1.74 bits per heavy atom. The molecule has 2 heteroatoms. The fourth-order valence-corrected chi connectivity index (χ4v) is 9.85. The lowest BCUT2D eigenvalue weighted by Gasteiger charge is -2.33. The van der Waals surface area contributed by atoms with Crippen LogP contribution in [0.5, 0.6) is 0 Å². The van der Waals surface area contributed by atoms with E-state index in [2.05, 4.69) is 217 Å². The van der Waals surface area contributed by atoms with Crippen LogP contribution >= 0.6 is 0 Å². The van der Waals surface area contributed by atoms with Crippen molar-refractivity contribution in [2.75, 3.05) is 0 Å². The number of aromatic nitrogens is 1. The molecule has 0 atom stereocenters. The number of nitrogens with zero attached hydrogens (tertiary/aromatic N) is 1. The van der Waals surface area contributed by atoms with Gasteiger partial charge >= 0.3 is 0 Å². The number of para-hydroxylation sites is 1. The lowest BCUT2D eigenvalue weighted by Crippen LogP contribution is -2.28. The van der Waals surface area contributed by atoms with Crippen molar-refractivity contribution in [1.29, 1.82) is 0 Å². The molecule has 9 aromatic carbocycles. The quantitative estimate of drug-likeness (QED) is 0.173. The largest absolute Gasteiger partial charge is 0.456 e. The monoisotopic (exact) mass is 725 g/mol. The smallest absolute Gasteiger partial charge is 0.136 e. The van der Waals surface area contributed by atoms with Gasteiger partial charge in [-0.15, -0.1) is 0 Å². The minimum absolute atomic E-state index is 0.481. The van der Waals surface area contributed by atoms with Crippen LogP contribution in [0.25, 0.3) is 82.8 Å². The minimum Gasteiger partial charge on any atom is -0.456 e. The second-order valence-electron chi connectivity index (χ2n) is 15.2. The molecule has 2 aromatic heterocycles. The van der Waals surface area contributed by atoms with Gasteiger partial charge in [-0.3, -0.25) is 0 Å². The first-order valence-electron chi connectivity index (χ1n) is 19.7. The molecule has 0 amide bonds. The van der Waals surface area contributed by atoms with E-state index in [0.717, 1.165) is 27.6 Å². The third kappa shape index (κ3) is 4.59. The molecule has 0 aliphatic heterocycles. The van der Waals surface area contributed by atoms with Crippen LogP contribution < -0.4 is 0 Å². The average molecular weight is 726 g/mol. The van der Waals surface area contributed by atoms with Crippen LogP contribution in [-0.4, -0.2) is 4.57 Å². The van der Waals surface area contributed by atoms with E-state index >= 15 is 0 Å². The van der Waals surface area contributed by atoms with Crippen LogP contribution in [0.1, 0.15) is 22.3 Å². The van der Waals surface area contributed by atoms with Crippen molar-refractivity contribution < 1.29 is 4.42 Å². The first-order chi connectivity index (χ1) is 28.3. The molecule has 0 radical (unpaired) electrons. The van der Waals surface area contributed by atoms with Gasteiger partial charge in [0.25, 0.3) is 0 Å². The second kappa shape index (κ2) is 12.3. The summed E-state index contributed by atoms with van der Waals surface area (Å²) in [5.41, 5.74) is 17.2. The molecule has 2 nitrogen and oxygen atoms in total. The van der Waals surface area contributed by atoms with Crippen LogP contribution in [0, 0.1) is 0 Å². The van der Waals surface area contributed by atoms with Crippen molar-refractivity contribution in [3.05, 3.63) is 235 Å². The third-order valence-corrected chi connectivity index (χ3v) is 12.3. The summed E-state index contributed by atoms with van der Waals surface area (Å²) >= 11 is 0. The molecule has 2 heterocycles. The lowest BCUT2D eigenvalue weighted by atomic mass is 9.67. The highest BCUT2D eigenvalue weighted by molar-refractivity contribution is 6.16. The lowest BCUT2D eigenvalue weighted by molar-refractivity contribution is 0.666. The molecule has 0 fully saturated rings. The summed E-state index contributed by atoms with van der Waals surface area (Å²) in [6, 6.07) is 77.3. The highest BCUT2D eigenvalue weighted by Gasteiger charge is 2.46. The standard InChI is InChI=1S/C55H35NO/c1-4-15-36(16-5-1)37-27-30-41(31-28-37)56-50-25-13-11-22-44(50)46-33-38(29-32-51(46)56)42-23-14-26-52-54(42)47-34-45-43-21-10-12-24-48(43)55(39-17-6-2-7-18-39,40-19-8-3-9-20-40)49(45)35-53(47)57-52/h1-35H. The molecule has 1 aliphatic carbocycles. The van der Waals surface area contributed by atoms with Gasteiger partial charge in [-0.05, 0) is 104 Å². The summed E-state index contributed by atoms with van der Waals surface area (Å²) in [7, 11) is 0. The van der Waals surface area contributed by atoms with Crippen LogP contribution in [0.15, 0.2) is 217 Å². The van der Waals surface area contributed by atoms with E-state index in [-0.39, 0.29) is 0 Å². The van der Waals surface area contributed by atoms with Crippen molar-refractivity contribution in [3.8, 4) is 39.1 Å². The molecule has 1 aliphatic rings. The van der Waals surface area contributed by atoms with Gasteiger partial charge in [0.1, 0.15) is 11.2 Å². The molecule has 12 rings (SSSR count). The van der Waals surface area contributed by atoms with E-state index in [1.165, 1.54) is 77.4 Å². The Bertz CT molecular complexity index is 3280. The Labute approximate surface area is 330 Å². The zero-order chi connectivity index (χ0) is 37.5. The molecule has 57 heavy (non-hydrogen) atoms. The highest BCUT2D eigenvalue weighted by atomic mass is 16.3. The maximum atomic E-state index is 6.86. The predicted molar refractivity (Wildman–Crippen MR) is 236 cm³/mol. The topological polar surface area (TPSA) is 18.1 Å². The zero-order valence-corrected chi connectivity index (χ0v) is 31.1. The molecule has 0 saturated carbocycles. The van der Waals surface area contributed by atoms with Gasteiger partial charge in [0.2, 0.25) is 0 Å². The van der Waals surface area contributed by atoms with Crippen LogP contribution in [0.2, 0.25) is 0 Å². The Morgan fingerprint density at radius 1 is 0.351 bits per heavy atom. The van der Waals surface area contributed by atoms with Crippen molar-refractivity contribution in [3.63, 3.8) is 0 Å². The Hall–Kier alpha value is -7.42. The van der Waals surface area contributed by atoms with Gasteiger partial charge < -0.3 is 8.98 Å². The van der Waals surface area contributed by atoms with E-state index in [4.69, 9.17) is 4.42 Å². The molecular formula is C55H35NO. The summed E-state index contributed by atoms with van der Waals surface area (Å²) < 4.78 is 9.25. The summed E-state index contributed by atoms with van der Waals surface area (Å²) in [6.45, 7) is 0. The number of furan rings is 1. The van der Waals surface area contributed by atoms with E-state index < -0.39 is 5.41 Å². The Balaban J connectivity index is 1.06. The Kier molecular flexibility index (Phi) is 6.88. The Morgan fingerprint density at radius 2 is 0.965 bits per heavy atom. The predicted octanol–water partition coefficient (Wildman–Crippen LogP) is 14.4. The van der Waals surface area contributed by atoms with E-state index in [1.807, 2.05) is 0 Å². The number of benzene rings is 9. The number of hydrogen-bond acceptors (Lipinski definition) is 1. The zero-order valence-electron chi connectivity index (χ0n) is 31.1. The fraction of sp³-hybridized carbons (Fsp3) is 0.0182. The SMILES string of the molecule is c1ccc(-c2ccc(-n3c4ccccc4c4cc(-c5cccc6oc7cc8c(cc7c56)-c5ccccc5C8(c5ccccc5)c5ccccc5)ccc43)cc2)cc1. The van der Waals surface area contributed by atoms with E-state index in [9.17, 15) is 0 Å². The summed E-state index contributed by atoms with van der Waals surface area (Å²) in [5.74, 6) is 0. The van der Waals surface area contributed by atoms with Crippen LogP contribution in [-0.2, 0) is 5.41 Å². The van der Waals surface area contributed by atoms with Crippen molar-refractivity contribution >= 4 is 43.7 Å². The minimum atomic E-state index is -0.481. The molecule has 0 spiro atoms. The number of hydrogen-bond donors (Lipinski definition) is 0. The van der Waals surface area contributed by atoms with Gasteiger partial charge in [0.15, 0.2) is 0 Å². The van der Waals surface area contributed by atoms with E-state index in [0.29, 0.717) is 0 Å². The number of fused-ring (bicyclic) bond motifs is 9. The van der Waals surface area contributed by atoms with Gasteiger partial charge in [-0.1, -0.05) is 164 Å². The summed E-state index contributed by atoms with van der Waals surface area (Å²) in [5, 5.41) is 4.74. The molecule has 11 aromatic rings. The van der Waals surface area contributed by atoms with E-state index in [1.54, 1.807) is 0 Å². The van der Waals surface area contributed by atoms with Crippen LogP contribution in [0.3, 0.4) is 0 Å². The van der Waals surface area contributed by atoms with Crippen molar-refractivity contribution in [1.82, 2.24) is 4.57 Å².